The minimum absolute atomic E-state index is 0.374. The van der Waals surface area contributed by atoms with Crippen LogP contribution in [-0.4, -0.2) is 48.6 Å². The predicted molar refractivity (Wildman–Crippen MR) is 77.1 cm³/mol. The highest BCUT2D eigenvalue weighted by atomic mass is 15.2. The summed E-state index contributed by atoms with van der Waals surface area (Å²) in [6.45, 7) is 7.39. The molecule has 0 aromatic carbocycles. The number of likely N-dealkylation sites (N-methyl/N-ethyl adjacent to an activating group) is 1. The molecule has 0 saturated heterocycles. The Hall–Kier alpha value is -1.36. The van der Waals surface area contributed by atoms with E-state index in [0.717, 1.165) is 18.1 Å². The molecule has 0 radical (unpaired) electrons. The van der Waals surface area contributed by atoms with E-state index in [9.17, 15) is 0 Å². The van der Waals surface area contributed by atoms with Crippen molar-refractivity contribution in [3.63, 3.8) is 0 Å². The zero-order valence-electron chi connectivity index (χ0n) is 12.3. The number of hydrogen-bond acceptors (Lipinski definition) is 5. The second-order valence-corrected chi connectivity index (χ2v) is 5.23. The van der Waals surface area contributed by atoms with Crippen molar-refractivity contribution in [2.75, 3.05) is 38.3 Å². The fourth-order valence-electron chi connectivity index (χ4n) is 1.76. The highest BCUT2D eigenvalue weighted by Crippen LogP contribution is 2.14. The molecule has 5 heteroatoms. The molecule has 0 aliphatic carbocycles. The van der Waals surface area contributed by atoms with Gasteiger partial charge in [0, 0.05) is 31.4 Å². The van der Waals surface area contributed by atoms with E-state index in [4.69, 9.17) is 0 Å². The molecular weight excluding hydrogens is 226 g/mol. The van der Waals surface area contributed by atoms with E-state index in [2.05, 4.69) is 53.4 Å². The number of anilines is 2. The maximum absolute atomic E-state index is 4.43. The topological polar surface area (TPSA) is 53.1 Å². The maximum atomic E-state index is 4.43. The molecule has 5 nitrogen and oxygen atoms in total. The molecule has 18 heavy (non-hydrogen) atoms. The summed E-state index contributed by atoms with van der Waals surface area (Å²) in [5.41, 5.74) is 0.962. The van der Waals surface area contributed by atoms with Crippen LogP contribution in [0, 0.1) is 12.8 Å². The molecule has 0 spiro atoms. The minimum atomic E-state index is 0.374. The number of hydrogen-bond donors (Lipinski definition) is 2. The maximum Gasteiger partial charge on any atom is 0.224 e. The molecule has 1 heterocycles. The van der Waals surface area contributed by atoms with Crippen molar-refractivity contribution in [1.29, 1.82) is 0 Å². The quantitative estimate of drug-likeness (QED) is 0.808. The Balaban J connectivity index is 2.82. The normalized spacial score (nSPS) is 12.9. The summed E-state index contributed by atoms with van der Waals surface area (Å²) in [6.07, 6.45) is 0. The van der Waals surface area contributed by atoms with Gasteiger partial charge < -0.3 is 15.5 Å². The van der Waals surface area contributed by atoms with Crippen molar-refractivity contribution >= 4 is 11.8 Å². The highest BCUT2D eigenvalue weighted by Gasteiger charge is 2.15. The molecule has 1 aromatic heterocycles. The molecule has 0 amide bonds. The lowest BCUT2D eigenvalue weighted by molar-refractivity contribution is 0.344. The van der Waals surface area contributed by atoms with Gasteiger partial charge in [-0.15, -0.1) is 0 Å². The number of rotatable bonds is 6. The van der Waals surface area contributed by atoms with Crippen molar-refractivity contribution < 1.29 is 0 Å². The molecule has 0 aliphatic rings. The van der Waals surface area contributed by atoms with Crippen LogP contribution in [0.15, 0.2) is 6.07 Å². The lowest BCUT2D eigenvalue weighted by Gasteiger charge is -2.26. The Kier molecular flexibility index (Phi) is 5.34. The van der Waals surface area contributed by atoms with E-state index in [1.54, 1.807) is 0 Å². The van der Waals surface area contributed by atoms with Gasteiger partial charge >= 0.3 is 0 Å². The summed E-state index contributed by atoms with van der Waals surface area (Å²) < 4.78 is 0. The molecule has 0 bridgehead atoms. The van der Waals surface area contributed by atoms with Crippen LogP contribution in [0.5, 0.6) is 0 Å². The smallest absolute Gasteiger partial charge is 0.224 e. The largest absolute Gasteiger partial charge is 0.366 e. The SMILES string of the molecule is CNc1nc(C)cc(NC(CN(C)C)C(C)C)n1. The summed E-state index contributed by atoms with van der Waals surface area (Å²) in [6, 6.07) is 2.35. The second-order valence-electron chi connectivity index (χ2n) is 5.23. The molecule has 1 aromatic rings. The van der Waals surface area contributed by atoms with Crippen molar-refractivity contribution in [3.05, 3.63) is 11.8 Å². The van der Waals surface area contributed by atoms with Crippen molar-refractivity contribution in [2.45, 2.75) is 26.8 Å². The summed E-state index contributed by atoms with van der Waals surface area (Å²) in [7, 11) is 6.00. The van der Waals surface area contributed by atoms with Gasteiger partial charge in [-0.3, -0.25) is 0 Å². The Bertz CT molecular complexity index is 376. The van der Waals surface area contributed by atoms with Gasteiger partial charge in [0.25, 0.3) is 0 Å². The molecule has 1 unspecified atom stereocenters. The molecule has 0 fully saturated rings. The fraction of sp³-hybridized carbons (Fsp3) is 0.692. The Labute approximate surface area is 110 Å². The second kappa shape index (κ2) is 6.54. The Morgan fingerprint density at radius 1 is 1.28 bits per heavy atom. The van der Waals surface area contributed by atoms with E-state index in [0.29, 0.717) is 17.9 Å². The van der Waals surface area contributed by atoms with Gasteiger partial charge in [-0.2, -0.15) is 4.98 Å². The third kappa shape index (κ3) is 4.49. The number of aromatic nitrogens is 2. The molecular formula is C13H25N5. The number of nitrogens with zero attached hydrogens (tertiary/aromatic N) is 3. The van der Waals surface area contributed by atoms with Crippen molar-refractivity contribution in [3.8, 4) is 0 Å². The lowest BCUT2D eigenvalue weighted by atomic mass is 10.0. The van der Waals surface area contributed by atoms with Gasteiger partial charge in [0.1, 0.15) is 5.82 Å². The predicted octanol–water partition coefficient (Wildman–Crippen LogP) is 1.82. The first-order chi connectivity index (χ1) is 8.42. The zero-order valence-corrected chi connectivity index (χ0v) is 12.3. The lowest BCUT2D eigenvalue weighted by Crippen LogP contribution is -2.36. The monoisotopic (exact) mass is 251 g/mol. The first kappa shape index (κ1) is 14.7. The molecule has 0 aliphatic heterocycles. The summed E-state index contributed by atoms with van der Waals surface area (Å²) in [4.78, 5) is 10.9. The first-order valence-corrected chi connectivity index (χ1v) is 6.37. The van der Waals surface area contributed by atoms with Crippen LogP contribution in [0.3, 0.4) is 0 Å². The van der Waals surface area contributed by atoms with Gasteiger partial charge in [-0.25, -0.2) is 4.98 Å². The van der Waals surface area contributed by atoms with Crippen LogP contribution in [0.1, 0.15) is 19.5 Å². The summed E-state index contributed by atoms with van der Waals surface area (Å²) >= 11 is 0. The van der Waals surface area contributed by atoms with Gasteiger partial charge in [0.2, 0.25) is 5.95 Å². The Morgan fingerprint density at radius 3 is 2.44 bits per heavy atom. The third-order valence-corrected chi connectivity index (χ3v) is 2.78. The summed E-state index contributed by atoms with van der Waals surface area (Å²) in [5.74, 6) is 2.08. The van der Waals surface area contributed by atoms with Crippen LogP contribution in [-0.2, 0) is 0 Å². The third-order valence-electron chi connectivity index (χ3n) is 2.78. The van der Waals surface area contributed by atoms with Crippen LogP contribution >= 0.6 is 0 Å². The van der Waals surface area contributed by atoms with Crippen LogP contribution in [0.4, 0.5) is 11.8 Å². The van der Waals surface area contributed by atoms with Gasteiger partial charge in [0.15, 0.2) is 0 Å². The Morgan fingerprint density at radius 2 is 1.94 bits per heavy atom. The average molecular weight is 251 g/mol. The number of nitrogens with one attached hydrogen (secondary N) is 2. The first-order valence-electron chi connectivity index (χ1n) is 6.37. The van der Waals surface area contributed by atoms with Gasteiger partial charge in [0.05, 0.1) is 0 Å². The minimum Gasteiger partial charge on any atom is -0.366 e. The molecule has 0 saturated carbocycles. The van der Waals surface area contributed by atoms with Crippen LogP contribution in [0.25, 0.3) is 0 Å². The molecule has 1 atom stereocenters. The van der Waals surface area contributed by atoms with E-state index < -0.39 is 0 Å². The van der Waals surface area contributed by atoms with Gasteiger partial charge in [-0.1, -0.05) is 13.8 Å². The van der Waals surface area contributed by atoms with E-state index in [1.807, 2.05) is 20.0 Å². The fourth-order valence-corrected chi connectivity index (χ4v) is 1.76. The van der Waals surface area contributed by atoms with Gasteiger partial charge in [-0.05, 0) is 26.9 Å². The number of aryl methyl sites for hydroxylation is 1. The zero-order chi connectivity index (χ0) is 13.7. The standard InChI is InChI=1S/C13H25N5/c1-9(2)11(8-18(5)6)16-12-7-10(3)15-13(14-4)17-12/h7,9,11H,8H2,1-6H3,(H2,14,15,16,17). The van der Waals surface area contributed by atoms with E-state index in [1.165, 1.54) is 0 Å². The van der Waals surface area contributed by atoms with E-state index >= 15 is 0 Å². The molecule has 1 rings (SSSR count). The highest BCUT2D eigenvalue weighted by molar-refractivity contribution is 5.42. The molecule has 2 N–H and O–H groups in total. The van der Waals surface area contributed by atoms with Crippen LogP contribution < -0.4 is 10.6 Å². The average Bonchev–Trinajstić information content (AvgIpc) is 2.26. The summed E-state index contributed by atoms with van der Waals surface area (Å²) in [5, 5.41) is 6.47. The van der Waals surface area contributed by atoms with E-state index in [-0.39, 0.29) is 0 Å². The van der Waals surface area contributed by atoms with Crippen molar-refractivity contribution in [1.82, 2.24) is 14.9 Å². The molecule has 102 valence electrons. The van der Waals surface area contributed by atoms with Crippen molar-refractivity contribution in [2.24, 2.45) is 5.92 Å². The van der Waals surface area contributed by atoms with Crippen LogP contribution in [0.2, 0.25) is 0 Å².